The maximum absolute atomic E-state index is 5.38. The van der Waals surface area contributed by atoms with E-state index in [1.54, 1.807) is 14.2 Å². The van der Waals surface area contributed by atoms with Gasteiger partial charge in [0, 0.05) is 19.8 Å². The third-order valence-electron chi connectivity index (χ3n) is 3.41. The van der Waals surface area contributed by atoms with Gasteiger partial charge in [0.25, 0.3) is 0 Å². The lowest BCUT2D eigenvalue weighted by Gasteiger charge is -2.22. The number of rotatable bonds is 8. The van der Waals surface area contributed by atoms with Crippen LogP contribution in [-0.2, 0) is 4.74 Å². The van der Waals surface area contributed by atoms with Gasteiger partial charge in [-0.1, -0.05) is 13.0 Å². The van der Waals surface area contributed by atoms with Gasteiger partial charge in [-0.25, -0.2) is 0 Å². The predicted octanol–water partition coefficient (Wildman–Crippen LogP) is 3.39. The lowest BCUT2D eigenvalue weighted by molar-refractivity contribution is 0.183. The molecule has 1 atom stereocenters. The molecule has 0 amide bonds. The Balaban J connectivity index is 2.96. The summed E-state index contributed by atoms with van der Waals surface area (Å²) >= 11 is 0. The maximum atomic E-state index is 5.38. The molecular formula is C16H27NO2. The quantitative estimate of drug-likeness (QED) is 0.781. The molecular weight excluding hydrogens is 238 g/mol. The fraction of sp³-hybridized carbons (Fsp3) is 0.625. The molecule has 3 heteroatoms. The zero-order chi connectivity index (χ0) is 14.3. The van der Waals surface area contributed by atoms with Gasteiger partial charge in [0.15, 0.2) is 0 Å². The van der Waals surface area contributed by atoms with Gasteiger partial charge in [0.05, 0.1) is 7.11 Å². The van der Waals surface area contributed by atoms with Crippen LogP contribution in [0.25, 0.3) is 0 Å². The van der Waals surface area contributed by atoms with E-state index in [0.717, 1.165) is 31.7 Å². The summed E-state index contributed by atoms with van der Waals surface area (Å²) in [6.45, 7) is 8.22. The Hall–Kier alpha value is -1.06. The van der Waals surface area contributed by atoms with Crippen molar-refractivity contribution in [2.24, 2.45) is 0 Å². The van der Waals surface area contributed by atoms with Crippen LogP contribution in [0.4, 0.5) is 0 Å². The SMILES string of the molecule is CCCNC(CCOC)c1cc(C)c(OC)cc1C. The molecule has 0 radical (unpaired) electrons. The number of benzene rings is 1. The van der Waals surface area contributed by atoms with Crippen LogP contribution in [0.3, 0.4) is 0 Å². The van der Waals surface area contributed by atoms with E-state index in [2.05, 4.69) is 38.2 Å². The van der Waals surface area contributed by atoms with E-state index in [9.17, 15) is 0 Å². The van der Waals surface area contributed by atoms with Gasteiger partial charge in [0.2, 0.25) is 0 Å². The van der Waals surface area contributed by atoms with Gasteiger partial charge in [-0.05, 0) is 56.0 Å². The van der Waals surface area contributed by atoms with Crippen molar-refractivity contribution < 1.29 is 9.47 Å². The average molecular weight is 265 g/mol. The van der Waals surface area contributed by atoms with Crippen LogP contribution in [-0.4, -0.2) is 27.4 Å². The summed E-state index contributed by atoms with van der Waals surface area (Å²) in [6, 6.07) is 4.71. The second-order valence-corrected chi connectivity index (χ2v) is 4.97. The molecule has 0 aliphatic rings. The largest absolute Gasteiger partial charge is 0.496 e. The van der Waals surface area contributed by atoms with Crippen LogP contribution < -0.4 is 10.1 Å². The Labute approximate surface area is 117 Å². The first kappa shape index (κ1) is 16.0. The molecule has 0 aromatic heterocycles. The lowest BCUT2D eigenvalue weighted by Crippen LogP contribution is -2.24. The van der Waals surface area contributed by atoms with Crippen LogP contribution >= 0.6 is 0 Å². The van der Waals surface area contributed by atoms with E-state index in [4.69, 9.17) is 9.47 Å². The summed E-state index contributed by atoms with van der Waals surface area (Å²) in [5.74, 6) is 0.960. The molecule has 1 unspecified atom stereocenters. The van der Waals surface area contributed by atoms with Gasteiger partial charge in [0.1, 0.15) is 5.75 Å². The van der Waals surface area contributed by atoms with Gasteiger partial charge < -0.3 is 14.8 Å². The predicted molar refractivity (Wildman–Crippen MR) is 80.0 cm³/mol. The molecule has 1 rings (SSSR count). The van der Waals surface area contributed by atoms with Crippen molar-refractivity contribution in [2.45, 2.75) is 39.7 Å². The molecule has 1 aromatic carbocycles. The minimum absolute atomic E-state index is 0.351. The molecule has 0 fully saturated rings. The van der Waals surface area contributed by atoms with Crippen LogP contribution in [0.2, 0.25) is 0 Å². The number of methoxy groups -OCH3 is 2. The number of nitrogens with one attached hydrogen (secondary N) is 1. The number of hydrogen-bond donors (Lipinski definition) is 1. The standard InChI is InChI=1S/C16H27NO2/c1-6-8-17-15(7-9-18-4)14-10-13(3)16(19-5)11-12(14)2/h10-11,15,17H,6-9H2,1-5H3. The summed E-state index contributed by atoms with van der Waals surface area (Å²) in [5.41, 5.74) is 3.81. The molecule has 0 saturated carbocycles. The normalized spacial score (nSPS) is 12.5. The summed E-state index contributed by atoms with van der Waals surface area (Å²) < 4.78 is 10.6. The van der Waals surface area contributed by atoms with E-state index in [-0.39, 0.29) is 0 Å². The molecule has 1 N–H and O–H groups in total. The van der Waals surface area contributed by atoms with Crippen molar-refractivity contribution in [3.63, 3.8) is 0 Å². The highest BCUT2D eigenvalue weighted by Gasteiger charge is 2.15. The van der Waals surface area contributed by atoms with E-state index < -0.39 is 0 Å². The molecule has 0 aliphatic heterocycles. The fourth-order valence-electron chi connectivity index (χ4n) is 2.33. The average Bonchev–Trinajstić information content (AvgIpc) is 2.41. The van der Waals surface area contributed by atoms with Crippen molar-refractivity contribution in [1.29, 1.82) is 0 Å². The third-order valence-corrected chi connectivity index (χ3v) is 3.41. The van der Waals surface area contributed by atoms with Gasteiger partial charge in [-0.15, -0.1) is 0 Å². The van der Waals surface area contributed by atoms with Crippen molar-refractivity contribution in [1.82, 2.24) is 5.32 Å². The van der Waals surface area contributed by atoms with Crippen LogP contribution in [0, 0.1) is 13.8 Å². The molecule has 0 bridgehead atoms. The van der Waals surface area contributed by atoms with Gasteiger partial charge in [-0.3, -0.25) is 0 Å². The summed E-state index contributed by atoms with van der Waals surface area (Å²) in [6.07, 6.45) is 2.13. The smallest absolute Gasteiger partial charge is 0.122 e. The van der Waals surface area contributed by atoms with Crippen LogP contribution in [0.15, 0.2) is 12.1 Å². The maximum Gasteiger partial charge on any atom is 0.122 e. The topological polar surface area (TPSA) is 30.5 Å². The second-order valence-electron chi connectivity index (χ2n) is 4.97. The van der Waals surface area contributed by atoms with E-state index in [0.29, 0.717) is 6.04 Å². The molecule has 108 valence electrons. The van der Waals surface area contributed by atoms with Gasteiger partial charge >= 0.3 is 0 Å². The summed E-state index contributed by atoms with van der Waals surface area (Å²) in [7, 11) is 3.47. The van der Waals surface area contributed by atoms with E-state index >= 15 is 0 Å². The Bertz CT molecular complexity index is 383. The molecule has 0 spiro atoms. The highest BCUT2D eigenvalue weighted by atomic mass is 16.5. The summed E-state index contributed by atoms with van der Waals surface area (Å²) in [5, 5.41) is 3.61. The molecule has 3 nitrogen and oxygen atoms in total. The van der Waals surface area contributed by atoms with Crippen molar-refractivity contribution in [3.8, 4) is 5.75 Å². The Kier molecular flexibility index (Phi) is 6.89. The first-order chi connectivity index (χ1) is 9.13. The van der Waals surface area contributed by atoms with Crippen LogP contribution in [0.5, 0.6) is 5.75 Å². The zero-order valence-corrected chi connectivity index (χ0v) is 12.9. The first-order valence-electron chi connectivity index (χ1n) is 7.01. The zero-order valence-electron chi connectivity index (χ0n) is 12.9. The van der Waals surface area contributed by atoms with Gasteiger partial charge in [-0.2, -0.15) is 0 Å². The second kappa shape index (κ2) is 8.18. The number of ether oxygens (including phenoxy) is 2. The molecule has 0 heterocycles. The molecule has 0 saturated heterocycles. The van der Waals surface area contributed by atoms with E-state index in [1.807, 2.05) is 0 Å². The molecule has 0 aliphatic carbocycles. The Morgan fingerprint density at radius 2 is 1.89 bits per heavy atom. The third kappa shape index (κ3) is 4.51. The highest BCUT2D eigenvalue weighted by Crippen LogP contribution is 2.28. The number of hydrogen-bond acceptors (Lipinski definition) is 3. The fourth-order valence-corrected chi connectivity index (χ4v) is 2.33. The monoisotopic (exact) mass is 265 g/mol. The first-order valence-corrected chi connectivity index (χ1v) is 7.01. The van der Waals surface area contributed by atoms with Crippen molar-refractivity contribution in [3.05, 3.63) is 28.8 Å². The Morgan fingerprint density at radius 1 is 1.16 bits per heavy atom. The van der Waals surface area contributed by atoms with Crippen molar-refractivity contribution >= 4 is 0 Å². The molecule has 19 heavy (non-hydrogen) atoms. The Morgan fingerprint density at radius 3 is 2.47 bits per heavy atom. The summed E-state index contributed by atoms with van der Waals surface area (Å²) in [4.78, 5) is 0. The minimum atomic E-state index is 0.351. The molecule has 1 aromatic rings. The van der Waals surface area contributed by atoms with E-state index in [1.165, 1.54) is 16.7 Å². The minimum Gasteiger partial charge on any atom is -0.496 e. The highest BCUT2D eigenvalue weighted by molar-refractivity contribution is 5.42. The lowest BCUT2D eigenvalue weighted by atomic mass is 9.96. The van der Waals surface area contributed by atoms with Crippen LogP contribution in [0.1, 0.15) is 42.5 Å². The number of aryl methyl sites for hydroxylation is 2. The van der Waals surface area contributed by atoms with Crippen molar-refractivity contribution in [2.75, 3.05) is 27.4 Å².